The van der Waals surface area contributed by atoms with E-state index in [1.54, 1.807) is 0 Å². The molecule has 0 bridgehead atoms. The van der Waals surface area contributed by atoms with Crippen molar-refractivity contribution in [3.05, 3.63) is 27.9 Å². The number of rotatable bonds is 1. The van der Waals surface area contributed by atoms with Gasteiger partial charge in [-0.2, -0.15) is 11.3 Å². The van der Waals surface area contributed by atoms with Crippen molar-refractivity contribution in [3.8, 4) is 0 Å². The molecule has 0 unspecified atom stereocenters. The molecule has 0 saturated carbocycles. The molecule has 0 aromatic carbocycles. The van der Waals surface area contributed by atoms with Gasteiger partial charge in [-0.25, -0.2) is 4.85 Å². The van der Waals surface area contributed by atoms with Crippen LogP contribution in [0.3, 0.4) is 0 Å². The minimum atomic E-state index is 0.145. The summed E-state index contributed by atoms with van der Waals surface area (Å²) < 4.78 is 5.99. The van der Waals surface area contributed by atoms with Crippen molar-refractivity contribution < 1.29 is 4.74 Å². The zero-order valence-corrected chi connectivity index (χ0v) is 11.3. The summed E-state index contributed by atoms with van der Waals surface area (Å²) in [4.78, 5) is 6.07. The van der Waals surface area contributed by atoms with Gasteiger partial charge in [0.2, 0.25) is 5.00 Å². The topological polar surface area (TPSA) is 28.9 Å². The van der Waals surface area contributed by atoms with E-state index in [1.165, 1.54) is 16.9 Å². The number of fused-ring (bicyclic) bond motifs is 1. The van der Waals surface area contributed by atoms with Gasteiger partial charge in [-0.15, -0.1) is 0 Å². The Kier molecular flexibility index (Phi) is 3.35. The van der Waals surface area contributed by atoms with Crippen LogP contribution < -0.4 is 5.32 Å². The van der Waals surface area contributed by atoms with Crippen LogP contribution >= 0.6 is 11.3 Å². The maximum Gasteiger partial charge on any atom is 0.244 e. The number of nitrogens with zero attached hydrogens (tertiary/aromatic N) is 2. The summed E-state index contributed by atoms with van der Waals surface area (Å²) in [5, 5.41) is 6.30. The molecule has 3 heterocycles. The van der Waals surface area contributed by atoms with E-state index in [0.29, 0.717) is 6.04 Å². The van der Waals surface area contributed by atoms with Crippen LogP contribution in [0.2, 0.25) is 0 Å². The second-order valence-electron chi connectivity index (χ2n) is 4.91. The Morgan fingerprint density at radius 2 is 2.50 bits per heavy atom. The Bertz CT molecular complexity index is 479. The second kappa shape index (κ2) is 4.98. The first-order chi connectivity index (χ1) is 8.79. The molecule has 2 atom stereocenters. The van der Waals surface area contributed by atoms with E-state index in [4.69, 9.17) is 11.3 Å². The van der Waals surface area contributed by atoms with E-state index in [9.17, 15) is 0 Å². The predicted molar refractivity (Wildman–Crippen MR) is 72.2 cm³/mol. The average Bonchev–Trinajstić information content (AvgIpc) is 2.79. The van der Waals surface area contributed by atoms with E-state index >= 15 is 0 Å². The number of hydrogen-bond acceptors (Lipinski definition) is 4. The Hall–Kier alpha value is -0.930. The smallest absolute Gasteiger partial charge is 0.244 e. The third-order valence-corrected chi connectivity index (χ3v) is 4.85. The van der Waals surface area contributed by atoms with Gasteiger partial charge in [0, 0.05) is 32.2 Å². The van der Waals surface area contributed by atoms with Crippen molar-refractivity contribution in [2.24, 2.45) is 0 Å². The molecule has 0 amide bonds. The number of nitrogens with one attached hydrogen (secondary N) is 1. The van der Waals surface area contributed by atoms with Crippen LogP contribution in [0, 0.1) is 13.5 Å². The lowest BCUT2D eigenvalue weighted by Crippen LogP contribution is -2.57. The number of hydrogen-bond donors (Lipinski definition) is 1. The van der Waals surface area contributed by atoms with Gasteiger partial charge in [0.15, 0.2) is 0 Å². The fourth-order valence-electron chi connectivity index (χ4n) is 2.74. The minimum Gasteiger partial charge on any atom is -0.371 e. The number of ether oxygens (including phenoxy) is 1. The highest BCUT2D eigenvalue weighted by Crippen LogP contribution is 2.36. The van der Waals surface area contributed by atoms with Crippen molar-refractivity contribution in [1.29, 1.82) is 0 Å². The molecule has 0 radical (unpaired) electrons. The van der Waals surface area contributed by atoms with E-state index in [1.807, 2.05) is 6.92 Å². The molecule has 0 aliphatic carbocycles. The number of piperazine rings is 1. The molecule has 2 aliphatic heterocycles. The summed E-state index contributed by atoms with van der Waals surface area (Å²) in [6.07, 6.45) is 0.145. The highest BCUT2D eigenvalue weighted by Gasteiger charge is 2.32. The number of thiophene rings is 1. The molecule has 4 nitrogen and oxygen atoms in total. The molecule has 18 heavy (non-hydrogen) atoms. The molecule has 5 heteroatoms. The minimum absolute atomic E-state index is 0.145. The van der Waals surface area contributed by atoms with Gasteiger partial charge < -0.3 is 10.1 Å². The Balaban J connectivity index is 1.77. The molecular weight excluding hydrogens is 246 g/mol. The molecule has 96 valence electrons. The summed E-state index contributed by atoms with van der Waals surface area (Å²) in [5.74, 6) is 0. The highest BCUT2D eigenvalue weighted by molar-refractivity contribution is 7.14. The van der Waals surface area contributed by atoms with Crippen LogP contribution in [0.4, 0.5) is 5.00 Å². The number of morpholine rings is 1. The van der Waals surface area contributed by atoms with Crippen molar-refractivity contribution >= 4 is 16.3 Å². The molecular formula is C13H17N3OS. The van der Waals surface area contributed by atoms with Gasteiger partial charge in [0.25, 0.3) is 0 Å². The summed E-state index contributed by atoms with van der Waals surface area (Å²) >= 11 is 1.53. The standard InChI is InChI=1S/C13H17N3OS/c1-9-11(8-18-13(9)14-2)12-6-16-4-3-15-5-10(16)7-17-12/h8,10,12,15H,3-7H2,1H3/t10-,12-/m0/s1. The van der Waals surface area contributed by atoms with Gasteiger partial charge in [-0.05, 0) is 23.4 Å². The Morgan fingerprint density at radius 1 is 1.61 bits per heavy atom. The largest absolute Gasteiger partial charge is 0.371 e. The van der Waals surface area contributed by atoms with Crippen molar-refractivity contribution in [1.82, 2.24) is 10.2 Å². The monoisotopic (exact) mass is 263 g/mol. The fraction of sp³-hybridized carbons (Fsp3) is 0.615. The third kappa shape index (κ3) is 2.06. The molecule has 2 saturated heterocycles. The fourth-order valence-corrected chi connectivity index (χ4v) is 3.65. The summed E-state index contributed by atoms with van der Waals surface area (Å²) in [7, 11) is 0. The van der Waals surface area contributed by atoms with Gasteiger partial charge >= 0.3 is 0 Å². The van der Waals surface area contributed by atoms with Crippen LogP contribution in [0.5, 0.6) is 0 Å². The normalized spacial score (nSPS) is 28.7. The van der Waals surface area contributed by atoms with E-state index in [-0.39, 0.29) is 6.10 Å². The summed E-state index contributed by atoms with van der Waals surface area (Å²) in [6.45, 7) is 14.1. The lowest BCUT2D eigenvalue weighted by molar-refractivity contribution is -0.0718. The molecule has 3 rings (SSSR count). The van der Waals surface area contributed by atoms with Gasteiger partial charge in [-0.1, -0.05) is 0 Å². The lowest BCUT2D eigenvalue weighted by atomic mass is 10.0. The third-order valence-electron chi connectivity index (χ3n) is 3.86. The van der Waals surface area contributed by atoms with Crippen molar-refractivity contribution in [3.63, 3.8) is 0 Å². The second-order valence-corrected chi connectivity index (χ2v) is 5.77. The molecule has 1 aromatic heterocycles. The SMILES string of the molecule is [C-]#[N+]c1scc([C@@H]2CN3CCNC[C@H]3CO2)c1C. The Labute approximate surface area is 111 Å². The Morgan fingerprint density at radius 3 is 3.28 bits per heavy atom. The van der Waals surface area contributed by atoms with E-state index in [0.717, 1.165) is 43.4 Å². The van der Waals surface area contributed by atoms with Gasteiger partial charge in [0.1, 0.15) is 0 Å². The zero-order chi connectivity index (χ0) is 12.5. The molecule has 0 spiro atoms. The van der Waals surface area contributed by atoms with Crippen molar-refractivity contribution in [2.75, 3.05) is 32.8 Å². The molecule has 2 fully saturated rings. The average molecular weight is 263 g/mol. The maximum atomic E-state index is 7.13. The molecule has 1 N–H and O–H groups in total. The predicted octanol–water partition coefficient (Wildman–Crippen LogP) is 1.95. The van der Waals surface area contributed by atoms with Crippen LogP contribution in [0.1, 0.15) is 17.2 Å². The van der Waals surface area contributed by atoms with E-state index < -0.39 is 0 Å². The highest BCUT2D eigenvalue weighted by atomic mass is 32.1. The van der Waals surface area contributed by atoms with E-state index in [2.05, 4.69) is 20.4 Å². The molecule has 1 aromatic rings. The first-order valence-corrected chi connectivity index (χ1v) is 7.19. The lowest BCUT2D eigenvalue weighted by Gasteiger charge is -2.42. The first-order valence-electron chi connectivity index (χ1n) is 6.31. The van der Waals surface area contributed by atoms with Crippen LogP contribution in [-0.2, 0) is 4.74 Å². The molecule has 2 aliphatic rings. The zero-order valence-electron chi connectivity index (χ0n) is 10.5. The quantitative estimate of drug-likeness (QED) is 0.785. The van der Waals surface area contributed by atoms with Crippen LogP contribution in [0.25, 0.3) is 4.85 Å². The van der Waals surface area contributed by atoms with Crippen LogP contribution in [0.15, 0.2) is 5.38 Å². The van der Waals surface area contributed by atoms with Crippen LogP contribution in [-0.4, -0.2) is 43.7 Å². The maximum absolute atomic E-state index is 7.13. The first kappa shape index (κ1) is 12.1. The van der Waals surface area contributed by atoms with Gasteiger partial charge in [-0.3, -0.25) is 4.90 Å². The summed E-state index contributed by atoms with van der Waals surface area (Å²) in [6, 6.07) is 0.522. The van der Waals surface area contributed by atoms with Crippen molar-refractivity contribution in [2.45, 2.75) is 19.1 Å². The summed E-state index contributed by atoms with van der Waals surface area (Å²) in [5.41, 5.74) is 2.32. The van der Waals surface area contributed by atoms with Gasteiger partial charge in [0.05, 0.1) is 19.3 Å².